The minimum absolute atomic E-state index is 0.132. The van der Waals surface area contributed by atoms with Crippen molar-refractivity contribution in [3.05, 3.63) is 28.1 Å². The van der Waals surface area contributed by atoms with Gasteiger partial charge in [-0.1, -0.05) is 16.5 Å². The predicted molar refractivity (Wildman–Crippen MR) is 81.3 cm³/mol. The Labute approximate surface area is 131 Å². The number of aryl methyl sites for hydroxylation is 1. The van der Waals surface area contributed by atoms with Crippen molar-refractivity contribution in [3.63, 3.8) is 0 Å². The lowest BCUT2D eigenvalue weighted by Gasteiger charge is -2.07. The molecule has 0 saturated heterocycles. The summed E-state index contributed by atoms with van der Waals surface area (Å²) < 4.78 is 5.16. The summed E-state index contributed by atoms with van der Waals surface area (Å²) in [7, 11) is 3.35. The largest absolute Gasteiger partial charge is 0.360 e. The van der Waals surface area contributed by atoms with Crippen molar-refractivity contribution in [3.8, 4) is 0 Å². The summed E-state index contributed by atoms with van der Waals surface area (Å²) in [4.78, 5) is 30.3. The van der Waals surface area contributed by atoms with E-state index in [4.69, 9.17) is 4.52 Å². The predicted octanol–water partition coefficient (Wildman–Crippen LogP) is 2.27. The van der Waals surface area contributed by atoms with Gasteiger partial charge in [0.2, 0.25) is 0 Å². The van der Waals surface area contributed by atoms with E-state index in [0.29, 0.717) is 21.6 Å². The van der Waals surface area contributed by atoms with Crippen LogP contribution in [0, 0.1) is 6.92 Å². The van der Waals surface area contributed by atoms with Crippen molar-refractivity contribution < 1.29 is 14.1 Å². The molecule has 0 aliphatic heterocycles. The maximum absolute atomic E-state index is 12.1. The van der Waals surface area contributed by atoms with Gasteiger partial charge < -0.3 is 9.42 Å². The molecule has 2 aromatic rings. The summed E-state index contributed by atoms with van der Waals surface area (Å²) in [5, 5.41) is 6.82. The highest BCUT2D eigenvalue weighted by atomic mass is 32.1. The lowest BCUT2D eigenvalue weighted by molar-refractivity contribution is 0.0831. The zero-order chi connectivity index (χ0) is 15.9. The van der Waals surface area contributed by atoms with Crippen molar-refractivity contribution in [2.45, 2.75) is 25.7 Å². The molecule has 2 amide bonds. The van der Waals surface area contributed by atoms with Gasteiger partial charge in [-0.15, -0.1) is 0 Å². The Bertz CT molecular complexity index is 730. The number of aromatic nitrogens is 2. The van der Waals surface area contributed by atoms with Crippen molar-refractivity contribution in [1.82, 2.24) is 15.0 Å². The minimum Gasteiger partial charge on any atom is -0.360 e. The number of hydrogen-bond donors (Lipinski definition) is 1. The van der Waals surface area contributed by atoms with Crippen LogP contribution in [-0.4, -0.2) is 41.0 Å². The fourth-order valence-electron chi connectivity index (χ4n) is 1.97. The normalized spacial score (nSPS) is 14.0. The van der Waals surface area contributed by atoms with Gasteiger partial charge in [-0.25, -0.2) is 4.98 Å². The molecule has 0 spiro atoms. The molecule has 116 valence electrons. The molecule has 1 fully saturated rings. The first kappa shape index (κ1) is 14.7. The van der Waals surface area contributed by atoms with Gasteiger partial charge in [0.1, 0.15) is 10.6 Å². The molecule has 1 aliphatic carbocycles. The Morgan fingerprint density at radius 3 is 2.77 bits per heavy atom. The maximum atomic E-state index is 12.1. The van der Waals surface area contributed by atoms with Crippen LogP contribution < -0.4 is 5.32 Å². The Morgan fingerprint density at radius 2 is 2.14 bits per heavy atom. The van der Waals surface area contributed by atoms with E-state index in [2.05, 4.69) is 15.5 Å². The third-order valence-corrected chi connectivity index (χ3v) is 4.42. The van der Waals surface area contributed by atoms with Gasteiger partial charge in [0.05, 0.1) is 5.69 Å². The average molecular weight is 320 g/mol. The topological polar surface area (TPSA) is 88.3 Å². The SMILES string of the molecule is Cc1nc(NC(=O)c2cc(C3CC3)on2)sc1C(=O)N(C)C. The fraction of sp³-hybridized carbons (Fsp3) is 0.429. The lowest BCUT2D eigenvalue weighted by atomic mass is 10.3. The van der Waals surface area contributed by atoms with Crippen molar-refractivity contribution >= 4 is 28.3 Å². The van der Waals surface area contributed by atoms with Crippen molar-refractivity contribution in [2.24, 2.45) is 0 Å². The lowest BCUT2D eigenvalue weighted by Crippen LogP contribution is -2.21. The molecule has 2 aromatic heterocycles. The van der Waals surface area contributed by atoms with Gasteiger partial charge >= 0.3 is 0 Å². The number of carbonyl (C=O) groups excluding carboxylic acids is 2. The zero-order valence-corrected chi connectivity index (χ0v) is 13.4. The van der Waals surface area contributed by atoms with Crippen LogP contribution in [0.2, 0.25) is 0 Å². The van der Waals surface area contributed by atoms with Gasteiger partial charge in [-0.2, -0.15) is 0 Å². The summed E-state index contributed by atoms with van der Waals surface area (Å²) in [6.07, 6.45) is 2.16. The number of thiazole rings is 1. The number of rotatable bonds is 4. The van der Waals surface area contributed by atoms with Gasteiger partial charge in [0, 0.05) is 26.1 Å². The van der Waals surface area contributed by atoms with Gasteiger partial charge in [0.25, 0.3) is 11.8 Å². The molecule has 7 nitrogen and oxygen atoms in total. The molecule has 0 bridgehead atoms. The Morgan fingerprint density at radius 1 is 1.41 bits per heavy atom. The Hall–Kier alpha value is -2.22. The number of carbonyl (C=O) groups is 2. The first-order chi connectivity index (χ1) is 10.5. The number of nitrogens with one attached hydrogen (secondary N) is 1. The molecule has 0 aromatic carbocycles. The van der Waals surface area contributed by atoms with Crippen LogP contribution in [0.3, 0.4) is 0 Å². The van der Waals surface area contributed by atoms with E-state index in [1.807, 2.05) is 0 Å². The second-order valence-corrected chi connectivity index (χ2v) is 6.48. The molecule has 2 heterocycles. The van der Waals surface area contributed by atoms with Crippen LogP contribution in [-0.2, 0) is 0 Å². The van der Waals surface area contributed by atoms with Gasteiger partial charge in [-0.05, 0) is 19.8 Å². The van der Waals surface area contributed by atoms with Crippen LogP contribution in [0.1, 0.15) is 50.4 Å². The van der Waals surface area contributed by atoms with Gasteiger partial charge in [-0.3, -0.25) is 14.9 Å². The van der Waals surface area contributed by atoms with E-state index in [1.54, 1.807) is 27.1 Å². The molecule has 1 aliphatic rings. The van der Waals surface area contributed by atoms with E-state index in [9.17, 15) is 9.59 Å². The molecule has 22 heavy (non-hydrogen) atoms. The average Bonchev–Trinajstić information content (AvgIpc) is 3.08. The number of nitrogens with zero attached hydrogens (tertiary/aromatic N) is 3. The molecule has 0 radical (unpaired) electrons. The molecular weight excluding hydrogens is 304 g/mol. The van der Waals surface area contributed by atoms with Crippen molar-refractivity contribution in [2.75, 3.05) is 19.4 Å². The third-order valence-electron chi connectivity index (χ3n) is 3.36. The summed E-state index contributed by atoms with van der Waals surface area (Å²) in [5.41, 5.74) is 0.827. The highest BCUT2D eigenvalue weighted by molar-refractivity contribution is 7.17. The van der Waals surface area contributed by atoms with Crippen LogP contribution in [0.4, 0.5) is 5.13 Å². The minimum atomic E-state index is -0.381. The van der Waals surface area contributed by atoms with Crippen LogP contribution in [0.5, 0.6) is 0 Å². The number of amides is 2. The fourth-order valence-corrected chi connectivity index (χ4v) is 2.95. The molecule has 8 heteroatoms. The number of anilines is 1. The second-order valence-electron chi connectivity index (χ2n) is 5.48. The zero-order valence-electron chi connectivity index (χ0n) is 12.5. The maximum Gasteiger partial charge on any atom is 0.279 e. The standard InChI is InChI=1S/C14H16N4O3S/c1-7-11(13(20)18(2)3)22-14(15-7)16-12(19)9-6-10(21-17-9)8-4-5-8/h6,8H,4-5H2,1-3H3,(H,15,16,19). The first-order valence-electron chi connectivity index (χ1n) is 6.92. The molecule has 0 atom stereocenters. The second kappa shape index (κ2) is 5.53. The first-order valence-corrected chi connectivity index (χ1v) is 7.74. The Balaban J connectivity index is 1.73. The number of hydrogen-bond acceptors (Lipinski definition) is 6. The monoisotopic (exact) mass is 320 g/mol. The summed E-state index contributed by atoms with van der Waals surface area (Å²) in [6.45, 7) is 1.74. The third kappa shape index (κ3) is 2.87. The quantitative estimate of drug-likeness (QED) is 0.933. The summed E-state index contributed by atoms with van der Waals surface area (Å²) in [5.74, 6) is 0.644. The van der Waals surface area contributed by atoms with Crippen molar-refractivity contribution in [1.29, 1.82) is 0 Å². The molecule has 3 rings (SSSR count). The van der Waals surface area contributed by atoms with Crippen LogP contribution in [0.25, 0.3) is 0 Å². The van der Waals surface area contributed by atoms with E-state index >= 15 is 0 Å². The molecule has 1 N–H and O–H groups in total. The smallest absolute Gasteiger partial charge is 0.279 e. The highest BCUT2D eigenvalue weighted by Crippen LogP contribution is 2.40. The van der Waals surface area contributed by atoms with Crippen LogP contribution >= 0.6 is 11.3 Å². The summed E-state index contributed by atoms with van der Waals surface area (Å²) in [6, 6.07) is 1.67. The Kier molecular flexibility index (Phi) is 3.69. The highest BCUT2D eigenvalue weighted by Gasteiger charge is 2.29. The summed E-state index contributed by atoms with van der Waals surface area (Å²) >= 11 is 1.15. The van der Waals surface area contributed by atoms with Crippen LogP contribution in [0.15, 0.2) is 10.6 Å². The van der Waals surface area contributed by atoms with E-state index in [0.717, 1.165) is 29.9 Å². The van der Waals surface area contributed by atoms with E-state index in [1.165, 1.54) is 4.90 Å². The van der Waals surface area contributed by atoms with E-state index in [-0.39, 0.29) is 17.5 Å². The van der Waals surface area contributed by atoms with E-state index < -0.39 is 0 Å². The molecule has 0 unspecified atom stereocenters. The molecular formula is C14H16N4O3S. The van der Waals surface area contributed by atoms with Gasteiger partial charge in [0.15, 0.2) is 10.8 Å². The molecule has 1 saturated carbocycles.